The maximum atomic E-state index is 10.9. The number of hydrogen-bond donors (Lipinski definition) is 2. The molecule has 0 unspecified atom stereocenters. The summed E-state index contributed by atoms with van der Waals surface area (Å²) < 4.78 is 5.24. The molecule has 0 aliphatic carbocycles. The Hall–Kier alpha value is -1.36. The average Bonchev–Trinajstić information content (AvgIpc) is 2.19. The SMILES string of the molecule is O=c1cc(NC2CCOCC2)cn[nH]1. The molecule has 5 heteroatoms. The lowest BCUT2D eigenvalue weighted by Crippen LogP contribution is -2.28. The Morgan fingerprint density at radius 3 is 3.00 bits per heavy atom. The Kier molecular flexibility index (Phi) is 2.78. The molecule has 0 amide bonds. The molecule has 2 rings (SSSR count). The van der Waals surface area contributed by atoms with Crippen LogP contribution in [0, 0.1) is 0 Å². The molecular weight excluding hydrogens is 182 g/mol. The third-order valence-corrected chi connectivity index (χ3v) is 2.26. The van der Waals surface area contributed by atoms with E-state index in [-0.39, 0.29) is 5.56 Å². The van der Waals surface area contributed by atoms with E-state index in [2.05, 4.69) is 15.5 Å². The van der Waals surface area contributed by atoms with E-state index in [1.807, 2.05) is 0 Å². The summed E-state index contributed by atoms with van der Waals surface area (Å²) in [7, 11) is 0. The molecule has 0 spiro atoms. The van der Waals surface area contributed by atoms with Gasteiger partial charge in [-0.2, -0.15) is 5.10 Å². The maximum Gasteiger partial charge on any atom is 0.266 e. The molecule has 14 heavy (non-hydrogen) atoms. The Bertz CT molecular complexity index is 344. The van der Waals surface area contributed by atoms with Crippen LogP contribution in [0.3, 0.4) is 0 Å². The first-order valence-corrected chi connectivity index (χ1v) is 4.73. The molecule has 0 radical (unpaired) electrons. The molecule has 1 saturated heterocycles. The highest BCUT2D eigenvalue weighted by Gasteiger charge is 2.13. The third-order valence-electron chi connectivity index (χ3n) is 2.26. The summed E-state index contributed by atoms with van der Waals surface area (Å²) in [5.41, 5.74) is 0.600. The van der Waals surface area contributed by atoms with Crippen molar-refractivity contribution in [2.24, 2.45) is 0 Å². The number of aromatic nitrogens is 2. The molecule has 1 aliphatic rings. The van der Waals surface area contributed by atoms with Crippen LogP contribution >= 0.6 is 0 Å². The quantitative estimate of drug-likeness (QED) is 0.715. The fourth-order valence-corrected chi connectivity index (χ4v) is 1.53. The van der Waals surface area contributed by atoms with Gasteiger partial charge in [-0.1, -0.05) is 0 Å². The monoisotopic (exact) mass is 195 g/mol. The van der Waals surface area contributed by atoms with E-state index in [9.17, 15) is 4.79 Å². The molecule has 76 valence electrons. The molecule has 1 aromatic heterocycles. The molecule has 0 atom stereocenters. The molecule has 0 aromatic carbocycles. The van der Waals surface area contributed by atoms with Gasteiger partial charge in [0.2, 0.25) is 0 Å². The van der Waals surface area contributed by atoms with Crippen molar-refractivity contribution >= 4 is 5.69 Å². The van der Waals surface area contributed by atoms with Gasteiger partial charge >= 0.3 is 0 Å². The summed E-state index contributed by atoms with van der Waals surface area (Å²) in [6, 6.07) is 1.91. The smallest absolute Gasteiger partial charge is 0.266 e. The van der Waals surface area contributed by atoms with E-state index >= 15 is 0 Å². The van der Waals surface area contributed by atoms with Crippen LogP contribution in [-0.4, -0.2) is 29.5 Å². The first-order valence-electron chi connectivity index (χ1n) is 4.73. The lowest BCUT2D eigenvalue weighted by molar-refractivity contribution is 0.0904. The molecule has 0 bridgehead atoms. The van der Waals surface area contributed by atoms with Gasteiger partial charge in [-0.25, -0.2) is 5.10 Å². The summed E-state index contributed by atoms with van der Waals surface area (Å²) in [6.45, 7) is 1.57. The predicted molar refractivity (Wildman–Crippen MR) is 52.3 cm³/mol. The topological polar surface area (TPSA) is 67.0 Å². The molecule has 1 fully saturated rings. The van der Waals surface area contributed by atoms with Crippen LogP contribution in [0.4, 0.5) is 5.69 Å². The highest BCUT2D eigenvalue weighted by atomic mass is 16.5. The van der Waals surface area contributed by atoms with Crippen LogP contribution < -0.4 is 10.9 Å². The van der Waals surface area contributed by atoms with Gasteiger partial charge in [-0.15, -0.1) is 0 Å². The Morgan fingerprint density at radius 1 is 1.50 bits per heavy atom. The minimum Gasteiger partial charge on any atom is -0.381 e. The molecule has 0 saturated carbocycles. The minimum absolute atomic E-state index is 0.179. The van der Waals surface area contributed by atoms with Crippen LogP contribution in [0.25, 0.3) is 0 Å². The zero-order valence-corrected chi connectivity index (χ0v) is 7.82. The van der Waals surface area contributed by atoms with Crippen molar-refractivity contribution in [2.45, 2.75) is 18.9 Å². The fourth-order valence-electron chi connectivity index (χ4n) is 1.53. The molecule has 2 N–H and O–H groups in total. The van der Waals surface area contributed by atoms with Crippen molar-refractivity contribution in [3.63, 3.8) is 0 Å². The molecule has 2 heterocycles. The number of hydrogen-bond acceptors (Lipinski definition) is 4. The summed E-state index contributed by atoms with van der Waals surface area (Å²) >= 11 is 0. The predicted octanol–water partition coefficient (Wildman–Crippen LogP) is 0.361. The van der Waals surface area contributed by atoms with Crippen molar-refractivity contribution in [2.75, 3.05) is 18.5 Å². The molecule has 1 aliphatic heterocycles. The minimum atomic E-state index is -0.179. The second-order valence-corrected chi connectivity index (χ2v) is 3.36. The van der Waals surface area contributed by atoms with Gasteiger partial charge in [0.1, 0.15) is 0 Å². The maximum absolute atomic E-state index is 10.9. The first-order chi connectivity index (χ1) is 6.84. The van der Waals surface area contributed by atoms with E-state index < -0.39 is 0 Å². The van der Waals surface area contributed by atoms with Crippen molar-refractivity contribution in [3.8, 4) is 0 Å². The number of aromatic amines is 1. The van der Waals surface area contributed by atoms with Crippen LogP contribution in [0.1, 0.15) is 12.8 Å². The summed E-state index contributed by atoms with van der Waals surface area (Å²) in [6.07, 6.45) is 3.58. The number of anilines is 1. The van der Waals surface area contributed by atoms with E-state index in [1.165, 1.54) is 6.07 Å². The average molecular weight is 195 g/mol. The third kappa shape index (κ3) is 2.32. The number of H-pyrrole nitrogens is 1. The van der Waals surface area contributed by atoms with Crippen LogP contribution in [0.5, 0.6) is 0 Å². The van der Waals surface area contributed by atoms with Crippen LogP contribution in [0.15, 0.2) is 17.1 Å². The van der Waals surface area contributed by atoms with E-state index in [0.29, 0.717) is 6.04 Å². The molecule has 1 aromatic rings. The van der Waals surface area contributed by atoms with Crippen LogP contribution in [0.2, 0.25) is 0 Å². The highest BCUT2D eigenvalue weighted by molar-refractivity contribution is 5.39. The van der Waals surface area contributed by atoms with Crippen LogP contribution in [-0.2, 0) is 4.74 Å². The Labute approximate surface area is 81.5 Å². The number of nitrogens with zero attached hydrogens (tertiary/aromatic N) is 1. The van der Waals surface area contributed by atoms with Gasteiger partial charge in [-0.05, 0) is 12.8 Å². The van der Waals surface area contributed by atoms with Gasteiger partial charge in [-0.3, -0.25) is 4.79 Å². The fraction of sp³-hybridized carbons (Fsp3) is 0.556. The van der Waals surface area contributed by atoms with Gasteiger partial charge in [0.05, 0.1) is 11.9 Å². The van der Waals surface area contributed by atoms with E-state index in [4.69, 9.17) is 4.74 Å². The highest BCUT2D eigenvalue weighted by Crippen LogP contribution is 2.12. The van der Waals surface area contributed by atoms with Gasteiger partial charge < -0.3 is 10.1 Å². The van der Waals surface area contributed by atoms with Crippen molar-refractivity contribution in [3.05, 3.63) is 22.6 Å². The molecular formula is C9H13N3O2. The standard InChI is InChI=1S/C9H13N3O2/c13-9-5-8(6-10-12-9)11-7-1-3-14-4-2-7/h5-7H,1-4H2,(H2,11,12,13). The summed E-state index contributed by atoms with van der Waals surface area (Å²) in [4.78, 5) is 10.9. The zero-order chi connectivity index (χ0) is 9.80. The second kappa shape index (κ2) is 4.23. The van der Waals surface area contributed by atoms with E-state index in [0.717, 1.165) is 31.7 Å². The normalized spacial score (nSPS) is 18.0. The van der Waals surface area contributed by atoms with Gasteiger partial charge in [0.25, 0.3) is 5.56 Å². The van der Waals surface area contributed by atoms with Gasteiger partial charge in [0.15, 0.2) is 0 Å². The Balaban J connectivity index is 1.99. The van der Waals surface area contributed by atoms with Crippen molar-refractivity contribution in [1.29, 1.82) is 0 Å². The lowest BCUT2D eigenvalue weighted by Gasteiger charge is -2.23. The van der Waals surface area contributed by atoms with Crippen molar-refractivity contribution < 1.29 is 4.74 Å². The first kappa shape index (κ1) is 9.21. The van der Waals surface area contributed by atoms with E-state index in [1.54, 1.807) is 6.20 Å². The summed E-state index contributed by atoms with van der Waals surface area (Å²) in [5.74, 6) is 0. The lowest BCUT2D eigenvalue weighted by atomic mass is 10.1. The Morgan fingerprint density at radius 2 is 2.29 bits per heavy atom. The zero-order valence-electron chi connectivity index (χ0n) is 7.82. The number of ether oxygens (including phenoxy) is 1. The number of nitrogens with one attached hydrogen (secondary N) is 2. The molecule has 5 nitrogen and oxygen atoms in total. The largest absolute Gasteiger partial charge is 0.381 e. The second-order valence-electron chi connectivity index (χ2n) is 3.36. The number of rotatable bonds is 2. The van der Waals surface area contributed by atoms with Gasteiger partial charge in [0, 0.05) is 25.3 Å². The summed E-state index contributed by atoms with van der Waals surface area (Å²) in [5, 5.41) is 9.32. The van der Waals surface area contributed by atoms with Crippen molar-refractivity contribution in [1.82, 2.24) is 10.2 Å².